The predicted molar refractivity (Wildman–Crippen MR) is 112 cm³/mol. The smallest absolute Gasteiger partial charge is 0.217 e. The molecule has 0 aromatic carbocycles. The van der Waals surface area contributed by atoms with Crippen molar-refractivity contribution in [3.05, 3.63) is 0 Å². The minimum Gasteiger partial charge on any atom is -0.550 e. The Kier molecular flexibility index (Phi) is 31.9. The van der Waals surface area contributed by atoms with Crippen LogP contribution in [0.1, 0.15) is 122 Å². The van der Waals surface area contributed by atoms with Gasteiger partial charge in [-0.05, 0) is 12.8 Å². The van der Waals surface area contributed by atoms with Crippen molar-refractivity contribution in [3.8, 4) is 0 Å². The number of carbonyl (C=O) groups excluding carboxylic acids is 3. The molecule has 0 unspecified atom stereocenters. The summed E-state index contributed by atoms with van der Waals surface area (Å²) in [5, 5.41) is 10.2. The summed E-state index contributed by atoms with van der Waals surface area (Å²) in [5.74, 6) is -1.90. The Balaban J connectivity index is -0.000000636. The van der Waals surface area contributed by atoms with Gasteiger partial charge in [0.25, 0.3) is 0 Å². The standard InChI is InChI=1S/C18H36O2.C4H8N2O2.Gd/c1-2-3-4-5-6-7-8-9-10-11-12-13-14-15-16-17-18(19)20;5-3(7)1-2-4(6)8;/h2-17H2,1H3,(H,19,20);1-2H2,(H2,5,7)(H2,6,8);/p-1. The van der Waals surface area contributed by atoms with Crippen molar-refractivity contribution in [3.63, 3.8) is 0 Å². The van der Waals surface area contributed by atoms with Crippen LogP contribution in [0.4, 0.5) is 0 Å². The van der Waals surface area contributed by atoms with E-state index in [0.29, 0.717) is 0 Å². The molecule has 0 aromatic rings. The molecule has 0 radical (unpaired) electrons. The van der Waals surface area contributed by atoms with Crippen LogP contribution in [0.15, 0.2) is 0 Å². The average molecular weight is 557 g/mol. The first-order chi connectivity index (χ1) is 13.4. The molecule has 2 amide bonds. The molecule has 0 aliphatic rings. The summed E-state index contributed by atoms with van der Waals surface area (Å²) in [5.41, 5.74) is 9.39. The third-order valence-electron chi connectivity index (χ3n) is 4.60. The zero-order chi connectivity index (χ0) is 21.5. The number of primary amides is 2. The van der Waals surface area contributed by atoms with E-state index in [1.54, 1.807) is 0 Å². The Morgan fingerprint density at radius 2 is 0.828 bits per heavy atom. The Labute approximate surface area is 210 Å². The Hall–Kier alpha value is -0.265. The van der Waals surface area contributed by atoms with Gasteiger partial charge < -0.3 is 21.4 Å². The van der Waals surface area contributed by atoms with Crippen LogP contribution in [-0.2, 0) is 14.4 Å². The summed E-state index contributed by atoms with van der Waals surface area (Å²) in [6.07, 6.45) is 20.0. The number of rotatable bonds is 19. The number of unbranched alkanes of at least 4 members (excludes halogenated alkanes) is 14. The second-order valence-electron chi connectivity index (χ2n) is 7.50. The molecule has 4 N–H and O–H groups in total. The summed E-state index contributed by atoms with van der Waals surface area (Å²) in [6, 6.07) is 0. The first-order valence-corrected chi connectivity index (χ1v) is 11.2. The van der Waals surface area contributed by atoms with Crippen LogP contribution in [0.3, 0.4) is 0 Å². The number of carboxylic acid groups (broad SMARTS) is 1. The summed E-state index contributed by atoms with van der Waals surface area (Å²) in [7, 11) is 0. The van der Waals surface area contributed by atoms with Crippen LogP contribution < -0.4 is 16.6 Å². The van der Waals surface area contributed by atoms with Crippen molar-refractivity contribution < 1.29 is 59.4 Å². The number of amides is 2. The SMILES string of the molecule is CCCCCCCCCCCCCCCCCC(=O)[O-].NC(=O)CCC(N)=O.[Gd]. The van der Waals surface area contributed by atoms with Crippen LogP contribution >= 0.6 is 0 Å². The number of hydrogen-bond acceptors (Lipinski definition) is 4. The predicted octanol–water partition coefficient (Wildman–Crippen LogP) is 3.74. The fraction of sp³-hybridized carbons (Fsp3) is 0.864. The van der Waals surface area contributed by atoms with E-state index in [2.05, 4.69) is 6.92 Å². The third-order valence-corrected chi connectivity index (χ3v) is 4.60. The van der Waals surface area contributed by atoms with Crippen molar-refractivity contribution in [1.29, 1.82) is 0 Å². The average Bonchev–Trinajstić information content (AvgIpc) is 2.63. The number of carboxylic acids is 1. The monoisotopic (exact) mass is 557 g/mol. The van der Waals surface area contributed by atoms with Gasteiger partial charge in [0.15, 0.2) is 0 Å². The Morgan fingerprint density at radius 3 is 1.07 bits per heavy atom. The van der Waals surface area contributed by atoms with Crippen LogP contribution in [0, 0.1) is 39.9 Å². The largest absolute Gasteiger partial charge is 0.550 e. The van der Waals surface area contributed by atoms with Gasteiger partial charge in [0.2, 0.25) is 11.8 Å². The van der Waals surface area contributed by atoms with Gasteiger partial charge in [0, 0.05) is 58.8 Å². The summed E-state index contributed by atoms with van der Waals surface area (Å²) in [4.78, 5) is 30.1. The molecule has 7 heteroatoms. The normalized spacial score (nSPS) is 9.83. The fourth-order valence-electron chi connectivity index (χ4n) is 2.89. The molecule has 29 heavy (non-hydrogen) atoms. The minimum absolute atomic E-state index is 0. The molecule has 0 aliphatic heterocycles. The summed E-state index contributed by atoms with van der Waals surface area (Å²) in [6.45, 7) is 2.27. The second-order valence-corrected chi connectivity index (χ2v) is 7.50. The molecule has 0 atom stereocenters. The zero-order valence-corrected chi connectivity index (χ0v) is 20.6. The van der Waals surface area contributed by atoms with Crippen LogP contribution in [0.5, 0.6) is 0 Å². The molecule has 0 fully saturated rings. The van der Waals surface area contributed by atoms with Crippen LogP contribution in [0.2, 0.25) is 0 Å². The first kappa shape index (κ1) is 33.4. The summed E-state index contributed by atoms with van der Waals surface area (Å²) < 4.78 is 0. The Bertz CT molecular complexity index is 379. The van der Waals surface area contributed by atoms with E-state index in [9.17, 15) is 19.5 Å². The van der Waals surface area contributed by atoms with Crippen molar-refractivity contribution in [2.45, 2.75) is 122 Å². The number of nitrogens with two attached hydrogens (primary N) is 2. The van der Waals surface area contributed by atoms with Gasteiger partial charge in [-0.15, -0.1) is 0 Å². The van der Waals surface area contributed by atoms with E-state index in [1.807, 2.05) is 0 Å². The van der Waals surface area contributed by atoms with Crippen LogP contribution in [0.25, 0.3) is 0 Å². The number of aliphatic carboxylic acids is 1. The van der Waals surface area contributed by atoms with Gasteiger partial charge in [-0.2, -0.15) is 0 Å². The maximum Gasteiger partial charge on any atom is 0.217 e. The minimum atomic E-state index is -0.903. The quantitative estimate of drug-likeness (QED) is 0.235. The topological polar surface area (TPSA) is 126 Å². The first-order valence-electron chi connectivity index (χ1n) is 11.2. The fourth-order valence-corrected chi connectivity index (χ4v) is 2.89. The van der Waals surface area contributed by atoms with E-state index >= 15 is 0 Å². The van der Waals surface area contributed by atoms with Crippen molar-refractivity contribution >= 4 is 17.8 Å². The van der Waals surface area contributed by atoms with Crippen LogP contribution in [-0.4, -0.2) is 17.8 Å². The van der Waals surface area contributed by atoms with Gasteiger partial charge in [0.05, 0.1) is 0 Å². The maximum atomic E-state index is 10.2. The molecule has 0 spiro atoms. The van der Waals surface area contributed by atoms with Gasteiger partial charge in [-0.3, -0.25) is 9.59 Å². The molecule has 6 nitrogen and oxygen atoms in total. The van der Waals surface area contributed by atoms with E-state index < -0.39 is 17.8 Å². The molecule has 0 saturated heterocycles. The number of carbonyl (C=O) groups is 3. The van der Waals surface area contributed by atoms with Gasteiger partial charge in [-0.1, -0.05) is 96.8 Å². The molecule has 0 saturated carbocycles. The molecule has 0 heterocycles. The maximum absolute atomic E-state index is 10.2. The second kappa shape index (κ2) is 27.7. The summed E-state index contributed by atoms with van der Waals surface area (Å²) >= 11 is 0. The van der Waals surface area contributed by atoms with Gasteiger partial charge in [-0.25, -0.2) is 0 Å². The van der Waals surface area contributed by atoms with E-state index in [1.165, 1.54) is 83.5 Å². The zero-order valence-electron chi connectivity index (χ0n) is 18.4. The van der Waals surface area contributed by atoms with Gasteiger partial charge in [0.1, 0.15) is 0 Å². The van der Waals surface area contributed by atoms with Crippen molar-refractivity contribution in [1.82, 2.24) is 0 Å². The molecule has 0 bridgehead atoms. The Morgan fingerprint density at radius 1 is 0.552 bits per heavy atom. The molecular formula is C22H43GdN2O4-. The van der Waals surface area contributed by atoms with E-state index in [-0.39, 0.29) is 59.2 Å². The molecule has 0 rings (SSSR count). The molecule has 174 valence electrons. The number of hydrogen-bond donors (Lipinski definition) is 2. The molecule has 0 aromatic heterocycles. The molecular weight excluding hydrogens is 514 g/mol. The van der Waals surface area contributed by atoms with E-state index in [4.69, 9.17) is 11.5 Å². The van der Waals surface area contributed by atoms with Crippen molar-refractivity contribution in [2.75, 3.05) is 0 Å². The third kappa shape index (κ3) is 38.9. The van der Waals surface area contributed by atoms with Crippen molar-refractivity contribution in [2.24, 2.45) is 11.5 Å². The molecule has 0 aliphatic carbocycles. The van der Waals surface area contributed by atoms with E-state index in [0.717, 1.165) is 12.8 Å². The van der Waals surface area contributed by atoms with Gasteiger partial charge >= 0.3 is 0 Å².